The van der Waals surface area contributed by atoms with Crippen molar-refractivity contribution >= 4 is 22.4 Å². The fraction of sp³-hybridized carbons (Fsp3) is 0.250. The number of hydrogen-bond acceptors (Lipinski definition) is 5. The van der Waals surface area contributed by atoms with Gasteiger partial charge in [-0.25, -0.2) is 14.4 Å². The molecule has 1 saturated heterocycles. The fourth-order valence-corrected chi connectivity index (χ4v) is 3.00. The van der Waals surface area contributed by atoms with Gasteiger partial charge in [0.2, 0.25) is 5.88 Å². The van der Waals surface area contributed by atoms with Crippen LogP contribution in [0.2, 0.25) is 0 Å². The highest BCUT2D eigenvalue weighted by molar-refractivity contribution is 6.04. The predicted octanol–water partition coefficient (Wildman–Crippen LogP) is 3.44. The minimum atomic E-state index is -0.661. The molecule has 3 heterocycles. The summed E-state index contributed by atoms with van der Waals surface area (Å²) >= 11 is 0. The lowest BCUT2D eigenvalue weighted by atomic mass is 10.1. The first-order chi connectivity index (χ1) is 13.2. The van der Waals surface area contributed by atoms with Crippen molar-refractivity contribution in [1.29, 1.82) is 0 Å². The van der Waals surface area contributed by atoms with E-state index in [1.54, 1.807) is 18.3 Å². The molecule has 1 atom stereocenters. The summed E-state index contributed by atoms with van der Waals surface area (Å²) in [5, 5.41) is 4.38. The van der Waals surface area contributed by atoms with Crippen molar-refractivity contribution in [1.82, 2.24) is 9.97 Å². The molecule has 1 N–H and O–H groups in total. The second-order valence-corrected chi connectivity index (χ2v) is 6.38. The third-order valence-corrected chi connectivity index (χ3v) is 4.44. The molecule has 6 nitrogen and oxygen atoms in total. The van der Waals surface area contributed by atoms with Crippen LogP contribution in [0.15, 0.2) is 48.8 Å². The van der Waals surface area contributed by atoms with E-state index in [2.05, 4.69) is 15.3 Å². The second-order valence-electron chi connectivity index (χ2n) is 6.38. The van der Waals surface area contributed by atoms with Crippen molar-refractivity contribution in [2.75, 3.05) is 25.1 Å². The van der Waals surface area contributed by atoms with Crippen molar-refractivity contribution in [3.63, 3.8) is 0 Å². The summed E-state index contributed by atoms with van der Waals surface area (Å²) in [6.07, 6.45) is 4.03. The van der Waals surface area contributed by atoms with Gasteiger partial charge < -0.3 is 14.8 Å². The highest BCUT2D eigenvalue weighted by Crippen LogP contribution is 2.27. The maximum Gasteiger partial charge on any atom is 0.277 e. The lowest BCUT2D eigenvalue weighted by Crippen LogP contribution is -2.15. The summed E-state index contributed by atoms with van der Waals surface area (Å²) < 4.78 is 24.9. The summed E-state index contributed by atoms with van der Waals surface area (Å²) in [7, 11) is 0. The number of hydrogen-bond donors (Lipinski definition) is 1. The topological polar surface area (TPSA) is 73.3 Å². The molecule has 2 aromatic heterocycles. The van der Waals surface area contributed by atoms with Gasteiger partial charge in [0.1, 0.15) is 0 Å². The van der Waals surface area contributed by atoms with Crippen molar-refractivity contribution in [3.05, 3.63) is 60.3 Å². The van der Waals surface area contributed by atoms with E-state index < -0.39 is 11.7 Å². The van der Waals surface area contributed by atoms with Gasteiger partial charge in [0.05, 0.1) is 13.2 Å². The zero-order chi connectivity index (χ0) is 18.6. The normalized spacial score (nSPS) is 16.4. The molecule has 0 radical (unpaired) electrons. The van der Waals surface area contributed by atoms with E-state index in [4.69, 9.17) is 9.47 Å². The second kappa shape index (κ2) is 7.67. The highest BCUT2D eigenvalue weighted by Gasteiger charge is 2.17. The molecule has 0 saturated carbocycles. The fourth-order valence-electron chi connectivity index (χ4n) is 3.00. The minimum absolute atomic E-state index is 0.241. The maximum atomic E-state index is 13.7. The lowest BCUT2D eigenvalue weighted by molar-refractivity contribution is 0.101. The Hall–Kier alpha value is -3.06. The van der Waals surface area contributed by atoms with E-state index in [1.807, 2.05) is 12.1 Å². The van der Waals surface area contributed by atoms with E-state index in [-0.39, 0.29) is 5.69 Å². The molecule has 7 heteroatoms. The van der Waals surface area contributed by atoms with E-state index >= 15 is 0 Å². The molecule has 1 fully saturated rings. The lowest BCUT2D eigenvalue weighted by Gasteiger charge is -2.12. The van der Waals surface area contributed by atoms with Crippen LogP contribution < -0.4 is 10.1 Å². The molecule has 1 aromatic carbocycles. The van der Waals surface area contributed by atoms with E-state index in [9.17, 15) is 9.18 Å². The smallest absolute Gasteiger partial charge is 0.277 e. The summed E-state index contributed by atoms with van der Waals surface area (Å²) in [5.74, 6) is -0.326. The number of carbonyl (C=O) groups is 1. The molecule has 0 aliphatic carbocycles. The molecule has 1 aliphatic rings. The molecular formula is C20H18FN3O3. The molecule has 3 aromatic rings. The Bertz CT molecular complexity index is 974. The molecule has 1 aliphatic heterocycles. The van der Waals surface area contributed by atoms with Crippen LogP contribution in [0.1, 0.15) is 16.9 Å². The van der Waals surface area contributed by atoms with Gasteiger partial charge in [0.25, 0.3) is 5.91 Å². The average Bonchev–Trinajstić information content (AvgIpc) is 3.20. The summed E-state index contributed by atoms with van der Waals surface area (Å²) in [6.45, 7) is 2.05. The van der Waals surface area contributed by atoms with Crippen molar-refractivity contribution in [2.45, 2.75) is 6.42 Å². The Labute approximate surface area is 155 Å². The van der Waals surface area contributed by atoms with Gasteiger partial charge >= 0.3 is 0 Å². The van der Waals surface area contributed by atoms with E-state index in [1.165, 1.54) is 18.3 Å². The van der Waals surface area contributed by atoms with Crippen LogP contribution in [-0.2, 0) is 4.74 Å². The number of nitrogens with one attached hydrogen (secondary N) is 1. The molecule has 138 valence electrons. The zero-order valence-electron chi connectivity index (χ0n) is 14.5. The first kappa shape index (κ1) is 17.4. The number of anilines is 1. The summed E-state index contributed by atoms with van der Waals surface area (Å²) in [4.78, 5) is 20.3. The number of halogens is 1. The van der Waals surface area contributed by atoms with Crippen LogP contribution >= 0.6 is 0 Å². The molecule has 1 amide bonds. The van der Waals surface area contributed by atoms with Gasteiger partial charge in [0, 0.05) is 36.0 Å². The third kappa shape index (κ3) is 3.88. The SMILES string of the molecule is O=C(Nc1ccc2c(OCC3CCOC3)nccc2c1)c1ncccc1F. The molecule has 1 unspecified atom stereocenters. The molecule has 4 rings (SSSR count). The van der Waals surface area contributed by atoms with Gasteiger partial charge in [-0.2, -0.15) is 0 Å². The number of aromatic nitrogens is 2. The standard InChI is InChI=1S/C20H18FN3O3/c21-17-2-1-7-22-18(17)19(25)24-15-3-4-16-14(10-15)5-8-23-20(16)27-12-13-6-9-26-11-13/h1-5,7-8,10,13H,6,9,11-12H2,(H,24,25). The van der Waals surface area contributed by atoms with Crippen molar-refractivity contribution in [2.24, 2.45) is 5.92 Å². The number of carbonyl (C=O) groups excluding carboxylic acids is 1. The summed E-state index contributed by atoms with van der Waals surface area (Å²) in [5.41, 5.74) is 0.300. The van der Waals surface area contributed by atoms with Crippen LogP contribution in [0.25, 0.3) is 10.8 Å². The van der Waals surface area contributed by atoms with Crippen LogP contribution in [0.5, 0.6) is 5.88 Å². The largest absolute Gasteiger partial charge is 0.477 e. The molecule has 0 spiro atoms. The first-order valence-electron chi connectivity index (χ1n) is 8.72. The zero-order valence-corrected chi connectivity index (χ0v) is 14.5. The average molecular weight is 367 g/mol. The Morgan fingerprint density at radius 1 is 1.26 bits per heavy atom. The minimum Gasteiger partial charge on any atom is -0.477 e. The third-order valence-electron chi connectivity index (χ3n) is 4.44. The highest BCUT2D eigenvalue weighted by atomic mass is 19.1. The van der Waals surface area contributed by atoms with Crippen LogP contribution in [0, 0.1) is 11.7 Å². The number of ether oxygens (including phenoxy) is 2. The monoisotopic (exact) mass is 367 g/mol. The van der Waals surface area contributed by atoms with Crippen molar-refractivity contribution in [3.8, 4) is 5.88 Å². The van der Waals surface area contributed by atoms with E-state index in [0.29, 0.717) is 30.7 Å². The van der Waals surface area contributed by atoms with Crippen LogP contribution in [0.4, 0.5) is 10.1 Å². The number of amides is 1. The van der Waals surface area contributed by atoms with Crippen LogP contribution in [-0.4, -0.2) is 35.7 Å². The molecule has 0 bridgehead atoms. The maximum absolute atomic E-state index is 13.7. The van der Waals surface area contributed by atoms with Crippen LogP contribution in [0.3, 0.4) is 0 Å². The van der Waals surface area contributed by atoms with Gasteiger partial charge in [-0.1, -0.05) is 0 Å². The Morgan fingerprint density at radius 2 is 2.19 bits per heavy atom. The van der Waals surface area contributed by atoms with E-state index in [0.717, 1.165) is 23.8 Å². The number of rotatable bonds is 5. The van der Waals surface area contributed by atoms with Gasteiger partial charge in [-0.05, 0) is 48.2 Å². The molecular weight excluding hydrogens is 349 g/mol. The Balaban J connectivity index is 1.52. The quantitative estimate of drug-likeness (QED) is 0.748. The van der Waals surface area contributed by atoms with Gasteiger partial charge in [-0.15, -0.1) is 0 Å². The number of fused-ring (bicyclic) bond motifs is 1. The number of nitrogens with zero attached hydrogens (tertiary/aromatic N) is 2. The first-order valence-corrected chi connectivity index (χ1v) is 8.72. The van der Waals surface area contributed by atoms with Gasteiger partial charge in [0.15, 0.2) is 11.5 Å². The summed E-state index contributed by atoms with van der Waals surface area (Å²) in [6, 6.07) is 9.82. The molecule has 27 heavy (non-hydrogen) atoms. The Kier molecular flexibility index (Phi) is 4.93. The Morgan fingerprint density at radius 3 is 3.00 bits per heavy atom. The number of pyridine rings is 2. The number of benzene rings is 1. The van der Waals surface area contributed by atoms with Gasteiger partial charge in [-0.3, -0.25) is 4.79 Å². The van der Waals surface area contributed by atoms with Crippen molar-refractivity contribution < 1.29 is 18.7 Å². The predicted molar refractivity (Wildman–Crippen MR) is 98.3 cm³/mol.